The molecule has 124 valence electrons. The molecule has 2 atom stereocenters. The molecule has 0 aliphatic carbocycles. The van der Waals surface area contributed by atoms with Crippen LogP contribution in [-0.4, -0.2) is 39.2 Å². The van der Waals surface area contributed by atoms with Gasteiger partial charge in [0, 0.05) is 40.8 Å². The summed E-state index contributed by atoms with van der Waals surface area (Å²) >= 11 is 0. The van der Waals surface area contributed by atoms with Gasteiger partial charge in [0.05, 0.1) is 12.6 Å². The van der Waals surface area contributed by atoms with Gasteiger partial charge < -0.3 is 14.6 Å². The number of rotatable bonds is 4. The van der Waals surface area contributed by atoms with E-state index in [1.165, 1.54) is 10.8 Å². The first-order valence-electron chi connectivity index (χ1n) is 8.58. The molecular weight excluding hydrogens is 300 g/mol. The molecule has 3 aromatic rings. The average Bonchev–Trinajstić information content (AvgIpc) is 3.08. The van der Waals surface area contributed by atoms with Gasteiger partial charge in [-0.1, -0.05) is 36.4 Å². The number of aliphatic hydroxyl groups excluding tert-OH is 1. The molecule has 4 nitrogen and oxygen atoms in total. The van der Waals surface area contributed by atoms with E-state index < -0.39 is 6.10 Å². The zero-order valence-corrected chi connectivity index (χ0v) is 13.9. The van der Waals surface area contributed by atoms with E-state index in [2.05, 4.69) is 35.8 Å². The molecule has 1 N–H and O–H groups in total. The molecule has 2 heterocycles. The Hall–Kier alpha value is -2.33. The highest BCUT2D eigenvalue weighted by molar-refractivity contribution is 6.07. The molecular formula is C20H22N2O2. The summed E-state index contributed by atoms with van der Waals surface area (Å²) in [5.41, 5.74) is 2.25. The first kappa shape index (κ1) is 15.2. The van der Waals surface area contributed by atoms with Crippen LogP contribution in [0.4, 0.5) is 0 Å². The van der Waals surface area contributed by atoms with Crippen molar-refractivity contribution in [3.05, 3.63) is 48.5 Å². The average molecular weight is 322 g/mol. The second-order valence-electron chi connectivity index (χ2n) is 6.73. The third kappa shape index (κ3) is 2.47. The molecule has 2 aromatic carbocycles. The van der Waals surface area contributed by atoms with Crippen LogP contribution in [0.2, 0.25) is 0 Å². The second kappa shape index (κ2) is 5.95. The third-order valence-corrected chi connectivity index (χ3v) is 5.11. The zero-order valence-electron chi connectivity index (χ0n) is 13.9. The number of likely N-dealkylation sites (tertiary alicyclic amines) is 1. The Kier molecular flexibility index (Phi) is 3.77. The Morgan fingerprint density at radius 2 is 1.62 bits per heavy atom. The van der Waals surface area contributed by atoms with E-state index in [1.807, 2.05) is 29.2 Å². The molecule has 4 rings (SSSR count). The Balaban J connectivity index is 1.67. The van der Waals surface area contributed by atoms with Gasteiger partial charge in [-0.2, -0.15) is 0 Å². The summed E-state index contributed by atoms with van der Waals surface area (Å²) in [6.45, 7) is 2.95. The van der Waals surface area contributed by atoms with Crippen molar-refractivity contribution in [2.24, 2.45) is 0 Å². The van der Waals surface area contributed by atoms with Crippen LogP contribution in [0, 0.1) is 0 Å². The normalized spacial score (nSPS) is 19.5. The Labute approximate surface area is 141 Å². The van der Waals surface area contributed by atoms with Crippen molar-refractivity contribution in [3.8, 4) is 0 Å². The van der Waals surface area contributed by atoms with Crippen LogP contribution < -0.4 is 0 Å². The molecule has 1 unspecified atom stereocenters. The van der Waals surface area contributed by atoms with Crippen molar-refractivity contribution < 1.29 is 9.90 Å². The number of hydrogen-bond acceptors (Lipinski definition) is 2. The lowest BCUT2D eigenvalue weighted by atomic mass is 10.2. The molecule has 1 amide bonds. The van der Waals surface area contributed by atoms with Crippen molar-refractivity contribution in [3.63, 3.8) is 0 Å². The smallest absolute Gasteiger partial charge is 0.222 e. The lowest BCUT2D eigenvalue weighted by Gasteiger charge is -2.25. The van der Waals surface area contributed by atoms with Crippen molar-refractivity contribution in [2.75, 3.05) is 6.54 Å². The maximum absolute atomic E-state index is 12.0. The van der Waals surface area contributed by atoms with E-state index in [-0.39, 0.29) is 11.9 Å². The fraction of sp³-hybridized carbons (Fsp3) is 0.350. The maximum atomic E-state index is 12.0. The van der Waals surface area contributed by atoms with Crippen LogP contribution in [-0.2, 0) is 11.3 Å². The summed E-state index contributed by atoms with van der Waals surface area (Å²) in [4.78, 5) is 13.8. The molecule has 1 aliphatic rings. The number of carbonyl (C=O) groups excluding carboxylic acids is 1. The molecule has 1 aromatic heterocycles. The van der Waals surface area contributed by atoms with Gasteiger partial charge >= 0.3 is 0 Å². The summed E-state index contributed by atoms with van der Waals surface area (Å²) in [7, 11) is 0. The van der Waals surface area contributed by atoms with Crippen LogP contribution in [0.25, 0.3) is 21.8 Å². The molecule has 1 saturated heterocycles. The first-order chi connectivity index (χ1) is 11.6. The van der Waals surface area contributed by atoms with E-state index in [0.29, 0.717) is 19.5 Å². The van der Waals surface area contributed by atoms with Gasteiger partial charge in [-0.3, -0.25) is 4.79 Å². The van der Waals surface area contributed by atoms with Gasteiger partial charge in [0.15, 0.2) is 0 Å². The number of para-hydroxylation sites is 2. The Morgan fingerprint density at radius 3 is 2.17 bits per heavy atom. The minimum atomic E-state index is -0.575. The predicted octanol–water partition coefficient (Wildman–Crippen LogP) is 3.17. The fourth-order valence-corrected chi connectivity index (χ4v) is 3.85. The van der Waals surface area contributed by atoms with Crippen LogP contribution in [0.1, 0.15) is 19.8 Å². The monoisotopic (exact) mass is 322 g/mol. The topological polar surface area (TPSA) is 45.5 Å². The van der Waals surface area contributed by atoms with Gasteiger partial charge in [0.1, 0.15) is 0 Å². The number of carbonyl (C=O) groups is 1. The number of nitrogens with zero attached hydrogens (tertiary/aromatic N) is 2. The van der Waals surface area contributed by atoms with Crippen molar-refractivity contribution in [2.45, 2.75) is 38.5 Å². The van der Waals surface area contributed by atoms with Crippen molar-refractivity contribution in [1.82, 2.24) is 9.47 Å². The Morgan fingerprint density at radius 1 is 1.04 bits per heavy atom. The summed E-state index contributed by atoms with van der Waals surface area (Å²) in [5.74, 6) is 0.156. The van der Waals surface area contributed by atoms with Gasteiger partial charge in [-0.15, -0.1) is 0 Å². The fourth-order valence-electron chi connectivity index (χ4n) is 3.85. The van der Waals surface area contributed by atoms with E-state index >= 15 is 0 Å². The summed E-state index contributed by atoms with van der Waals surface area (Å²) < 4.78 is 2.17. The van der Waals surface area contributed by atoms with Gasteiger partial charge in [0.25, 0.3) is 0 Å². The molecule has 1 fully saturated rings. The van der Waals surface area contributed by atoms with Crippen LogP contribution >= 0.6 is 0 Å². The summed E-state index contributed by atoms with van der Waals surface area (Å²) in [6, 6.07) is 16.8. The number of amides is 1. The number of aromatic nitrogens is 1. The molecule has 4 heteroatoms. The van der Waals surface area contributed by atoms with E-state index in [9.17, 15) is 9.90 Å². The van der Waals surface area contributed by atoms with Gasteiger partial charge in [-0.05, 0) is 25.5 Å². The quantitative estimate of drug-likeness (QED) is 0.802. The third-order valence-electron chi connectivity index (χ3n) is 5.11. The predicted molar refractivity (Wildman–Crippen MR) is 95.9 cm³/mol. The number of hydrogen-bond donors (Lipinski definition) is 1. The maximum Gasteiger partial charge on any atom is 0.222 e. The van der Waals surface area contributed by atoms with E-state index in [4.69, 9.17) is 0 Å². The standard InChI is InChI=1S/C20H22N2O2/c1-14-10-11-20(24)21(14)12-15(23)13-22-18-8-4-2-6-16(18)17-7-3-5-9-19(17)22/h2-9,14-15,23H,10-13H2,1H3/t14-,15?/m1/s1. The molecule has 0 spiro atoms. The number of benzene rings is 2. The van der Waals surface area contributed by atoms with E-state index in [1.54, 1.807) is 0 Å². The highest BCUT2D eigenvalue weighted by Gasteiger charge is 2.29. The van der Waals surface area contributed by atoms with Crippen LogP contribution in [0.3, 0.4) is 0 Å². The lowest BCUT2D eigenvalue weighted by Crippen LogP contribution is -2.39. The molecule has 1 aliphatic heterocycles. The zero-order chi connectivity index (χ0) is 16.7. The van der Waals surface area contributed by atoms with Crippen LogP contribution in [0.5, 0.6) is 0 Å². The minimum absolute atomic E-state index is 0.156. The summed E-state index contributed by atoms with van der Waals surface area (Å²) in [6.07, 6.45) is 0.915. The summed E-state index contributed by atoms with van der Waals surface area (Å²) in [5, 5.41) is 13.0. The van der Waals surface area contributed by atoms with Crippen LogP contribution in [0.15, 0.2) is 48.5 Å². The van der Waals surface area contributed by atoms with Gasteiger partial charge in [0.2, 0.25) is 5.91 Å². The second-order valence-corrected chi connectivity index (χ2v) is 6.73. The number of fused-ring (bicyclic) bond motifs is 3. The van der Waals surface area contributed by atoms with Crippen molar-refractivity contribution in [1.29, 1.82) is 0 Å². The molecule has 24 heavy (non-hydrogen) atoms. The number of aliphatic hydroxyl groups is 1. The lowest BCUT2D eigenvalue weighted by molar-refractivity contribution is -0.130. The SMILES string of the molecule is C[C@@H]1CCC(=O)N1CC(O)Cn1c2ccccc2c2ccccc21. The Bertz CT molecular complexity index is 846. The van der Waals surface area contributed by atoms with Gasteiger partial charge in [-0.25, -0.2) is 0 Å². The van der Waals surface area contributed by atoms with Crippen molar-refractivity contribution >= 4 is 27.7 Å². The molecule has 0 saturated carbocycles. The minimum Gasteiger partial charge on any atom is -0.389 e. The molecule has 0 radical (unpaired) electrons. The highest BCUT2D eigenvalue weighted by atomic mass is 16.3. The highest BCUT2D eigenvalue weighted by Crippen LogP contribution is 2.29. The first-order valence-corrected chi connectivity index (χ1v) is 8.58. The molecule has 0 bridgehead atoms. The number of β-amino-alcohol motifs (C(OH)–C–C–N with tert-alkyl or cyclic N) is 1. The largest absolute Gasteiger partial charge is 0.389 e. The van der Waals surface area contributed by atoms with E-state index in [0.717, 1.165) is 17.5 Å².